The first-order valence-corrected chi connectivity index (χ1v) is 8.78. The largest absolute Gasteiger partial charge is 0.467 e. The number of aromatic nitrogens is 3. The van der Waals surface area contributed by atoms with Crippen LogP contribution < -0.4 is 0 Å². The average Bonchev–Trinajstić information content (AvgIpc) is 3.25. The molecule has 3 aromatic rings. The Bertz CT molecular complexity index is 792. The molecule has 0 aliphatic carbocycles. The van der Waals surface area contributed by atoms with Crippen LogP contribution in [0.5, 0.6) is 0 Å². The minimum Gasteiger partial charge on any atom is -0.467 e. The fourth-order valence-electron chi connectivity index (χ4n) is 2.30. The van der Waals surface area contributed by atoms with Crippen LogP contribution in [0.25, 0.3) is 0 Å². The maximum absolute atomic E-state index is 12.4. The van der Waals surface area contributed by atoms with Crippen LogP contribution in [0.2, 0.25) is 0 Å². The van der Waals surface area contributed by atoms with Crippen LogP contribution in [0, 0.1) is 0 Å². The normalized spacial score (nSPS) is 11.1. The van der Waals surface area contributed by atoms with Gasteiger partial charge in [0.25, 0.3) is 0 Å². The van der Waals surface area contributed by atoms with Gasteiger partial charge in [-0.2, -0.15) is 0 Å². The standard InChI is InChI=1S/C18H19N3O2S/c1-13(2)14-5-7-15(8-6-14)17(22)11-24-18-20-19-12-21(18)10-16-4-3-9-23-16/h3-9,12-13H,10-11H2,1-2H3. The van der Waals surface area contributed by atoms with Gasteiger partial charge in [-0.1, -0.05) is 49.9 Å². The van der Waals surface area contributed by atoms with E-state index in [0.717, 1.165) is 11.3 Å². The summed E-state index contributed by atoms with van der Waals surface area (Å²) in [5, 5.41) is 8.71. The van der Waals surface area contributed by atoms with Crippen molar-refractivity contribution in [2.75, 3.05) is 5.75 Å². The average molecular weight is 341 g/mol. The number of carbonyl (C=O) groups excluding carboxylic acids is 1. The summed E-state index contributed by atoms with van der Waals surface area (Å²) in [6.07, 6.45) is 3.28. The van der Waals surface area contributed by atoms with E-state index in [0.29, 0.717) is 23.4 Å². The number of carbonyl (C=O) groups is 1. The van der Waals surface area contributed by atoms with Crippen molar-refractivity contribution in [2.45, 2.75) is 31.5 Å². The van der Waals surface area contributed by atoms with Gasteiger partial charge in [-0.3, -0.25) is 4.79 Å². The molecule has 0 amide bonds. The molecular weight excluding hydrogens is 322 g/mol. The van der Waals surface area contributed by atoms with Gasteiger partial charge < -0.3 is 8.98 Å². The second-order valence-corrected chi connectivity index (χ2v) is 6.75. The van der Waals surface area contributed by atoms with E-state index >= 15 is 0 Å². The number of Topliss-reactive ketones (excluding diaryl/α,β-unsaturated/α-hetero) is 1. The Labute approximate surface area is 145 Å². The van der Waals surface area contributed by atoms with Gasteiger partial charge in [-0.15, -0.1) is 10.2 Å². The van der Waals surface area contributed by atoms with Crippen molar-refractivity contribution in [3.8, 4) is 0 Å². The summed E-state index contributed by atoms with van der Waals surface area (Å²) in [6.45, 7) is 4.83. The van der Waals surface area contributed by atoms with Gasteiger partial charge in [-0.05, 0) is 23.6 Å². The quantitative estimate of drug-likeness (QED) is 0.480. The van der Waals surface area contributed by atoms with Crippen LogP contribution in [0.4, 0.5) is 0 Å². The highest BCUT2D eigenvalue weighted by Crippen LogP contribution is 2.20. The molecule has 0 spiro atoms. The van der Waals surface area contributed by atoms with Crippen molar-refractivity contribution in [3.63, 3.8) is 0 Å². The van der Waals surface area contributed by atoms with Gasteiger partial charge in [-0.25, -0.2) is 0 Å². The van der Waals surface area contributed by atoms with Crippen molar-refractivity contribution in [1.29, 1.82) is 0 Å². The Hall–Kier alpha value is -2.34. The molecule has 6 heteroatoms. The molecule has 0 aliphatic rings. The second-order valence-electron chi connectivity index (χ2n) is 5.81. The number of benzene rings is 1. The van der Waals surface area contributed by atoms with Gasteiger partial charge in [0, 0.05) is 5.56 Å². The number of thioether (sulfide) groups is 1. The molecule has 24 heavy (non-hydrogen) atoms. The summed E-state index contributed by atoms with van der Waals surface area (Å²) in [7, 11) is 0. The molecule has 0 saturated heterocycles. The molecule has 0 N–H and O–H groups in total. The van der Waals surface area contributed by atoms with Gasteiger partial charge in [0.05, 0.1) is 18.6 Å². The molecule has 1 aromatic carbocycles. The van der Waals surface area contributed by atoms with Gasteiger partial charge >= 0.3 is 0 Å². The zero-order valence-corrected chi connectivity index (χ0v) is 14.5. The first-order valence-electron chi connectivity index (χ1n) is 7.79. The van der Waals surface area contributed by atoms with E-state index in [1.54, 1.807) is 12.6 Å². The Balaban J connectivity index is 1.61. The number of hydrogen-bond donors (Lipinski definition) is 0. The minimum absolute atomic E-state index is 0.0860. The van der Waals surface area contributed by atoms with Crippen molar-refractivity contribution in [3.05, 3.63) is 65.9 Å². The molecule has 0 atom stereocenters. The highest BCUT2D eigenvalue weighted by Gasteiger charge is 2.12. The molecular formula is C18H19N3O2S. The lowest BCUT2D eigenvalue weighted by Crippen LogP contribution is -2.05. The molecule has 0 unspecified atom stereocenters. The lowest BCUT2D eigenvalue weighted by Gasteiger charge is -2.07. The third-order valence-corrected chi connectivity index (χ3v) is 4.70. The van der Waals surface area contributed by atoms with E-state index in [1.165, 1.54) is 17.3 Å². The zero-order valence-electron chi connectivity index (χ0n) is 13.7. The van der Waals surface area contributed by atoms with E-state index in [1.807, 2.05) is 41.0 Å². The molecule has 124 valence electrons. The second kappa shape index (κ2) is 7.49. The first kappa shape index (κ1) is 16.5. The molecule has 0 bridgehead atoms. The number of furan rings is 1. The lowest BCUT2D eigenvalue weighted by atomic mass is 10.0. The molecule has 0 aliphatic heterocycles. The maximum atomic E-state index is 12.4. The third kappa shape index (κ3) is 3.94. The van der Waals surface area contributed by atoms with Crippen LogP contribution in [0.3, 0.4) is 0 Å². The molecule has 3 rings (SSSR count). The van der Waals surface area contributed by atoms with Crippen LogP contribution in [0.1, 0.15) is 41.4 Å². The number of ketones is 1. The molecule has 0 fully saturated rings. The third-order valence-electron chi connectivity index (χ3n) is 3.72. The van der Waals surface area contributed by atoms with E-state index in [2.05, 4.69) is 24.0 Å². The van der Waals surface area contributed by atoms with Crippen molar-refractivity contribution in [2.24, 2.45) is 0 Å². The zero-order chi connectivity index (χ0) is 16.9. The topological polar surface area (TPSA) is 60.9 Å². The molecule has 2 heterocycles. The summed E-state index contributed by atoms with van der Waals surface area (Å²) >= 11 is 1.39. The highest BCUT2D eigenvalue weighted by atomic mass is 32.2. The molecule has 0 saturated carbocycles. The van der Waals surface area contributed by atoms with Crippen LogP contribution >= 0.6 is 11.8 Å². The fourth-order valence-corrected chi connectivity index (χ4v) is 3.11. The summed E-state index contributed by atoms with van der Waals surface area (Å²) < 4.78 is 7.21. The van der Waals surface area contributed by atoms with E-state index in [-0.39, 0.29) is 5.78 Å². The van der Waals surface area contributed by atoms with Gasteiger partial charge in [0.15, 0.2) is 10.9 Å². The van der Waals surface area contributed by atoms with Crippen LogP contribution in [0.15, 0.2) is 58.6 Å². The SMILES string of the molecule is CC(C)c1ccc(C(=O)CSc2nncn2Cc2ccco2)cc1. The summed E-state index contributed by atoms with van der Waals surface area (Å²) in [5.74, 6) is 1.71. The predicted octanol–water partition coefficient (Wildman–Crippen LogP) is 4.02. The van der Waals surface area contributed by atoms with E-state index in [4.69, 9.17) is 4.42 Å². The monoisotopic (exact) mass is 341 g/mol. The Kier molecular flexibility index (Phi) is 5.15. The Morgan fingerprint density at radius 1 is 1.25 bits per heavy atom. The van der Waals surface area contributed by atoms with Crippen LogP contribution in [-0.2, 0) is 6.54 Å². The number of rotatable bonds is 7. The summed E-state index contributed by atoms with van der Waals surface area (Å²) in [5.41, 5.74) is 1.96. The van der Waals surface area contributed by atoms with E-state index in [9.17, 15) is 4.79 Å². The smallest absolute Gasteiger partial charge is 0.191 e. The van der Waals surface area contributed by atoms with Gasteiger partial charge in [0.2, 0.25) is 0 Å². The fraction of sp³-hybridized carbons (Fsp3) is 0.278. The lowest BCUT2D eigenvalue weighted by molar-refractivity contribution is 0.102. The minimum atomic E-state index is 0.0860. The summed E-state index contributed by atoms with van der Waals surface area (Å²) in [6, 6.07) is 11.6. The highest BCUT2D eigenvalue weighted by molar-refractivity contribution is 7.99. The van der Waals surface area contributed by atoms with Crippen LogP contribution in [-0.4, -0.2) is 26.3 Å². The summed E-state index contributed by atoms with van der Waals surface area (Å²) in [4.78, 5) is 12.4. The molecule has 0 radical (unpaired) electrons. The van der Waals surface area contributed by atoms with E-state index < -0.39 is 0 Å². The van der Waals surface area contributed by atoms with Gasteiger partial charge in [0.1, 0.15) is 12.1 Å². The molecule has 5 nitrogen and oxygen atoms in total. The predicted molar refractivity (Wildman–Crippen MR) is 93.4 cm³/mol. The Morgan fingerprint density at radius 3 is 2.71 bits per heavy atom. The number of hydrogen-bond acceptors (Lipinski definition) is 5. The van der Waals surface area contributed by atoms with Crippen molar-refractivity contribution in [1.82, 2.24) is 14.8 Å². The van der Waals surface area contributed by atoms with Crippen molar-refractivity contribution >= 4 is 17.5 Å². The van der Waals surface area contributed by atoms with Crippen molar-refractivity contribution < 1.29 is 9.21 Å². The molecule has 2 aromatic heterocycles. The Morgan fingerprint density at radius 2 is 2.04 bits per heavy atom. The first-order chi connectivity index (χ1) is 11.6. The number of nitrogens with zero attached hydrogens (tertiary/aromatic N) is 3. The maximum Gasteiger partial charge on any atom is 0.191 e.